The topological polar surface area (TPSA) is 35.1 Å². The molecular formula is C13H17NO2. The molecule has 0 saturated heterocycles. The molecular weight excluding hydrogens is 202 g/mol. The Kier molecular flexibility index (Phi) is 2.86. The molecule has 1 aromatic heterocycles. The average molecular weight is 219 g/mol. The lowest BCUT2D eigenvalue weighted by atomic mass is 10.2. The van der Waals surface area contributed by atoms with Crippen molar-refractivity contribution in [3.8, 4) is 0 Å². The molecule has 0 N–H and O–H groups in total. The van der Waals surface area contributed by atoms with E-state index in [1.165, 1.54) is 0 Å². The summed E-state index contributed by atoms with van der Waals surface area (Å²) in [6, 6.07) is 6.27. The van der Waals surface area contributed by atoms with E-state index in [2.05, 4.69) is 0 Å². The maximum Gasteiger partial charge on any atom is 0.420 e. The standard InChI is InChI=1S/C11H11NO2.C2H6/c1-7-2-5-9-10(6-7)14-11(13)12(9)8-3-4-8;1-2/h2,5-6,8H,3-4H2,1H3;1-2H3. The molecule has 1 aliphatic carbocycles. The summed E-state index contributed by atoms with van der Waals surface area (Å²) in [5.41, 5.74) is 2.76. The zero-order chi connectivity index (χ0) is 11.7. The maximum absolute atomic E-state index is 11.5. The van der Waals surface area contributed by atoms with Crippen LogP contribution in [-0.2, 0) is 0 Å². The van der Waals surface area contributed by atoms with Crippen LogP contribution in [0.4, 0.5) is 0 Å². The zero-order valence-corrected chi connectivity index (χ0v) is 9.99. The molecule has 1 saturated carbocycles. The largest absolute Gasteiger partial charge is 0.420 e. The van der Waals surface area contributed by atoms with E-state index in [-0.39, 0.29) is 5.76 Å². The van der Waals surface area contributed by atoms with Crippen LogP contribution in [0.2, 0.25) is 0 Å². The minimum atomic E-state index is -0.215. The van der Waals surface area contributed by atoms with Crippen molar-refractivity contribution in [3.05, 3.63) is 34.3 Å². The lowest BCUT2D eigenvalue weighted by molar-refractivity contribution is 0.509. The van der Waals surface area contributed by atoms with Crippen molar-refractivity contribution in [3.63, 3.8) is 0 Å². The molecule has 16 heavy (non-hydrogen) atoms. The summed E-state index contributed by atoms with van der Waals surface area (Å²) in [6.07, 6.45) is 2.20. The number of nitrogens with zero attached hydrogens (tertiary/aromatic N) is 1. The quantitative estimate of drug-likeness (QED) is 0.737. The van der Waals surface area contributed by atoms with Gasteiger partial charge < -0.3 is 4.42 Å². The van der Waals surface area contributed by atoms with Crippen LogP contribution in [0.5, 0.6) is 0 Å². The van der Waals surface area contributed by atoms with Gasteiger partial charge in [0.2, 0.25) is 0 Å². The Morgan fingerprint density at radius 2 is 2.00 bits per heavy atom. The van der Waals surface area contributed by atoms with Crippen molar-refractivity contribution >= 4 is 11.1 Å². The first-order valence-corrected chi connectivity index (χ1v) is 5.87. The maximum atomic E-state index is 11.5. The summed E-state index contributed by atoms with van der Waals surface area (Å²) in [5, 5.41) is 0. The molecule has 2 aromatic rings. The van der Waals surface area contributed by atoms with Crippen LogP contribution in [0.15, 0.2) is 27.4 Å². The third-order valence-electron chi connectivity index (χ3n) is 2.68. The summed E-state index contributed by atoms with van der Waals surface area (Å²) < 4.78 is 6.96. The van der Waals surface area contributed by atoms with E-state index in [0.717, 1.165) is 23.9 Å². The van der Waals surface area contributed by atoms with E-state index in [1.807, 2.05) is 39.0 Å². The molecule has 0 unspecified atom stereocenters. The van der Waals surface area contributed by atoms with Gasteiger partial charge in [-0.2, -0.15) is 0 Å². The number of hydrogen-bond donors (Lipinski definition) is 0. The summed E-state index contributed by atoms with van der Waals surface area (Å²) in [6.45, 7) is 5.99. The molecule has 86 valence electrons. The molecule has 3 heteroatoms. The van der Waals surface area contributed by atoms with Gasteiger partial charge in [-0.15, -0.1) is 0 Å². The predicted octanol–water partition coefficient (Wildman–Crippen LogP) is 3.26. The van der Waals surface area contributed by atoms with Gasteiger partial charge in [0.05, 0.1) is 5.52 Å². The highest BCUT2D eigenvalue weighted by molar-refractivity contribution is 5.74. The molecule has 0 bridgehead atoms. The Hall–Kier alpha value is -1.51. The first-order valence-electron chi connectivity index (χ1n) is 5.87. The van der Waals surface area contributed by atoms with Gasteiger partial charge in [0.25, 0.3) is 0 Å². The number of oxazole rings is 1. The monoisotopic (exact) mass is 219 g/mol. The Bertz CT molecular complexity index is 547. The molecule has 3 nitrogen and oxygen atoms in total. The molecule has 0 spiro atoms. The summed E-state index contributed by atoms with van der Waals surface area (Å²) in [7, 11) is 0. The fourth-order valence-corrected chi connectivity index (χ4v) is 1.82. The van der Waals surface area contributed by atoms with Crippen molar-refractivity contribution < 1.29 is 4.42 Å². The number of hydrogen-bond acceptors (Lipinski definition) is 2. The zero-order valence-electron chi connectivity index (χ0n) is 9.99. The first kappa shape index (κ1) is 11.0. The van der Waals surface area contributed by atoms with Gasteiger partial charge in [-0.05, 0) is 37.5 Å². The first-order chi connectivity index (χ1) is 7.75. The van der Waals surface area contributed by atoms with Gasteiger partial charge in [0, 0.05) is 6.04 Å². The van der Waals surface area contributed by atoms with E-state index in [1.54, 1.807) is 4.57 Å². The highest BCUT2D eigenvalue weighted by Crippen LogP contribution is 2.36. The van der Waals surface area contributed by atoms with Crippen molar-refractivity contribution in [2.75, 3.05) is 0 Å². The number of benzene rings is 1. The van der Waals surface area contributed by atoms with Gasteiger partial charge in [-0.25, -0.2) is 4.79 Å². The average Bonchev–Trinajstić information content (AvgIpc) is 3.05. The van der Waals surface area contributed by atoms with Gasteiger partial charge >= 0.3 is 5.76 Å². The number of rotatable bonds is 1. The third kappa shape index (κ3) is 1.77. The van der Waals surface area contributed by atoms with Crippen molar-refractivity contribution in [2.24, 2.45) is 0 Å². The lowest BCUT2D eigenvalue weighted by Crippen LogP contribution is -2.11. The molecule has 1 heterocycles. The fraction of sp³-hybridized carbons (Fsp3) is 0.462. The highest BCUT2D eigenvalue weighted by Gasteiger charge is 2.28. The van der Waals surface area contributed by atoms with Crippen LogP contribution in [0, 0.1) is 6.92 Å². The summed E-state index contributed by atoms with van der Waals surface area (Å²) in [4.78, 5) is 11.5. The van der Waals surface area contributed by atoms with Crippen LogP contribution >= 0.6 is 0 Å². The second-order valence-corrected chi connectivity index (χ2v) is 3.94. The fourth-order valence-electron chi connectivity index (χ4n) is 1.82. The highest BCUT2D eigenvalue weighted by atomic mass is 16.4. The van der Waals surface area contributed by atoms with E-state index in [9.17, 15) is 4.79 Å². The Labute approximate surface area is 94.7 Å². The van der Waals surface area contributed by atoms with E-state index >= 15 is 0 Å². The van der Waals surface area contributed by atoms with Gasteiger partial charge in [-0.3, -0.25) is 4.57 Å². The SMILES string of the molecule is CC.Cc1ccc2c(c1)oc(=O)n2C1CC1. The van der Waals surface area contributed by atoms with Crippen LogP contribution in [0.3, 0.4) is 0 Å². The van der Waals surface area contributed by atoms with Gasteiger partial charge in [0.15, 0.2) is 5.58 Å². The Balaban J connectivity index is 0.000000457. The van der Waals surface area contributed by atoms with Crippen molar-refractivity contribution in [2.45, 2.75) is 39.7 Å². The van der Waals surface area contributed by atoms with Crippen LogP contribution in [0.1, 0.15) is 38.3 Å². The van der Waals surface area contributed by atoms with E-state index in [4.69, 9.17) is 4.42 Å². The van der Waals surface area contributed by atoms with Gasteiger partial charge in [-0.1, -0.05) is 19.9 Å². The molecule has 0 aliphatic heterocycles. The lowest BCUT2D eigenvalue weighted by Gasteiger charge is -1.97. The normalized spacial score (nSPS) is 14.7. The van der Waals surface area contributed by atoms with E-state index < -0.39 is 0 Å². The molecule has 1 aliphatic rings. The molecule has 0 atom stereocenters. The number of fused-ring (bicyclic) bond motifs is 1. The Morgan fingerprint density at radius 1 is 1.31 bits per heavy atom. The number of aryl methyl sites for hydroxylation is 1. The van der Waals surface area contributed by atoms with Gasteiger partial charge in [0.1, 0.15) is 0 Å². The smallest absolute Gasteiger partial charge is 0.408 e. The van der Waals surface area contributed by atoms with Crippen molar-refractivity contribution in [1.82, 2.24) is 4.57 Å². The molecule has 1 aromatic carbocycles. The second-order valence-electron chi connectivity index (χ2n) is 3.94. The minimum Gasteiger partial charge on any atom is -0.408 e. The minimum absolute atomic E-state index is 0.215. The van der Waals surface area contributed by atoms with Crippen LogP contribution < -0.4 is 5.76 Å². The molecule has 0 radical (unpaired) electrons. The van der Waals surface area contributed by atoms with E-state index in [0.29, 0.717) is 11.6 Å². The second kappa shape index (κ2) is 4.16. The number of aromatic nitrogens is 1. The van der Waals surface area contributed by atoms with Crippen molar-refractivity contribution in [1.29, 1.82) is 0 Å². The molecule has 0 amide bonds. The van der Waals surface area contributed by atoms with Crippen LogP contribution in [-0.4, -0.2) is 4.57 Å². The molecule has 3 rings (SSSR count). The summed E-state index contributed by atoms with van der Waals surface area (Å²) >= 11 is 0. The Morgan fingerprint density at radius 3 is 2.62 bits per heavy atom. The third-order valence-corrected chi connectivity index (χ3v) is 2.68. The predicted molar refractivity (Wildman–Crippen MR) is 64.8 cm³/mol. The molecule has 1 fully saturated rings. The van der Waals surface area contributed by atoms with Crippen LogP contribution in [0.25, 0.3) is 11.1 Å². The summed E-state index contributed by atoms with van der Waals surface area (Å²) in [5.74, 6) is -0.215.